The highest BCUT2D eigenvalue weighted by Crippen LogP contribution is 2.24. The number of hydrogen-bond acceptors (Lipinski definition) is 6. The second-order valence-corrected chi connectivity index (χ2v) is 7.13. The van der Waals surface area contributed by atoms with E-state index in [0.717, 1.165) is 16.7 Å². The molecule has 0 saturated heterocycles. The van der Waals surface area contributed by atoms with Gasteiger partial charge in [0.15, 0.2) is 0 Å². The molecule has 0 radical (unpaired) electrons. The van der Waals surface area contributed by atoms with Gasteiger partial charge in [-0.1, -0.05) is 11.2 Å². The molecule has 2 aromatic heterocycles. The Balaban J connectivity index is 1.82. The van der Waals surface area contributed by atoms with E-state index in [1.165, 1.54) is 0 Å². The average molecular weight is 344 g/mol. The minimum Gasteiger partial charge on any atom is -0.361 e. The van der Waals surface area contributed by atoms with Gasteiger partial charge in [0.25, 0.3) is 0 Å². The van der Waals surface area contributed by atoms with Crippen LogP contribution in [0.3, 0.4) is 0 Å². The van der Waals surface area contributed by atoms with Crippen LogP contribution in [0.1, 0.15) is 17.0 Å². The predicted octanol–water partition coefficient (Wildman–Crippen LogP) is 2.23. The van der Waals surface area contributed by atoms with Crippen molar-refractivity contribution in [2.75, 3.05) is 0 Å². The minimum absolute atomic E-state index is 0.0781. The first-order valence-electron chi connectivity index (χ1n) is 7.25. The van der Waals surface area contributed by atoms with Gasteiger partial charge >= 0.3 is 0 Å². The molecule has 1 N–H and O–H groups in total. The molecule has 0 atom stereocenters. The zero-order valence-electron chi connectivity index (χ0n) is 13.2. The van der Waals surface area contributed by atoms with Crippen molar-refractivity contribution < 1.29 is 12.9 Å². The molecule has 2 heterocycles. The van der Waals surface area contributed by atoms with Crippen molar-refractivity contribution in [1.29, 1.82) is 0 Å². The first-order valence-corrected chi connectivity index (χ1v) is 8.73. The van der Waals surface area contributed by atoms with Crippen LogP contribution in [0.4, 0.5) is 0 Å². The third-order valence-electron chi connectivity index (χ3n) is 3.52. The molecule has 0 aliphatic carbocycles. The largest absolute Gasteiger partial charge is 0.361 e. The van der Waals surface area contributed by atoms with Crippen molar-refractivity contribution >= 4 is 10.0 Å². The van der Waals surface area contributed by atoms with Gasteiger partial charge in [-0.05, 0) is 43.2 Å². The summed E-state index contributed by atoms with van der Waals surface area (Å²) in [6.45, 7) is 3.69. The molecule has 124 valence electrons. The van der Waals surface area contributed by atoms with E-state index in [4.69, 9.17) is 4.52 Å². The van der Waals surface area contributed by atoms with Gasteiger partial charge in [-0.3, -0.25) is 0 Å². The van der Waals surface area contributed by atoms with Gasteiger partial charge in [0.05, 0.1) is 29.5 Å². The monoisotopic (exact) mass is 344 g/mol. The summed E-state index contributed by atoms with van der Waals surface area (Å²) in [5.74, 6) is 0.635. The van der Waals surface area contributed by atoms with Gasteiger partial charge in [-0.25, -0.2) is 13.1 Å². The highest BCUT2D eigenvalue weighted by molar-refractivity contribution is 7.89. The molecule has 0 unspecified atom stereocenters. The van der Waals surface area contributed by atoms with E-state index in [-0.39, 0.29) is 11.4 Å². The smallest absolute Gasteiger partial charge is 0.240 e. The number of hydrogen-bond donors (Lipinski definition) is 1. The van der Waals surface area contributed by atoms with E-state index in [0.29, 0.717) is 11.5 Å². The van der Waals surface area contributed by atoms with Crippen LogP contribution < -0.4 is 4.72 Å². The molecule has 0 bridgehead atoms. The van der Waals surface area contributed by atoms with Crippen molar-refractivity contribution in [1.82, 2.24) is 20.1 Å². The summed E-state index contributed by atoms with van der Waals surface area (Å²) in [4.78, 5) is 0.200. The standard InChI is InChI=1S/C16H16N4O3S/c1-11-7-15(3-4-16(11)13-5-6-17-18-9-13)24(21,22)19-10-14-8-12(2)23-20-14/h3-9,19H,10H2,1-2H3. The summed E-state index contributed by atoms with van der Waals surface area (Å²) >= 11 is 0. The molecule has 3 rings (SSSR count). The molecule has 1 aromatic carbocycles. The zero-order chi connectivity index (χ0) is 17.2. The Morgan fingerprint density at radius 3 is 2.58 bits per heavy atom. The van der Waals surface area contributed by atoms with Gasteiger partial charge in [0, 0.05) is 11.6 Å². The van der Waals surface area contributed by atoms with Crippen LogP contribution in [0.25, 0.3) is 11.1 Å². The Morgan fingerprint density at radius 2 is 1.96 bits per heavy atom. The van der Waals surface area contributed by atoms with Crippen LogP contribution in [0, 0.1) is 13.8 Å². The van der Waals surface area contributed by atoms with Gasteiger partial charge in [0.1, 0.15) is 5.76 Å². The van der Waals surface area contributed by atoms with Crippen LogP contribution in [0.5, 0.6) is 0 Å². The number of benzene rings is 1. The highest BCUT2D eigenvalue weighted by atomic mass is 32.2. The van der Waals surface area contributed by atoms with Gasteiger partial charge < -0.3 is 4.52 Å². The van der Waals surface area contributed by atoms with E-state index < -0.39 is 10.0 Å². The molecule has 7 nitrogen and oxygen atoms in total. The van der Waals surface area contributed by atoms with E-state index in [2.05, 4.69) is 20.1 Å². The van der Waals surface area contributed by atoms with Crippen molar-refractivity contribution in [2.45, 2.75) is 25.3 Å². The predicted molar refractivity (Wildman–Crippen MR) is 87.5 cm³/mol. The third kappa shape index (κ3) is 3.50. The molecule has 3 aromatic rings. The third-order valence-corrected chi connectivity index (χ3v) is 4.92. The quantitative estimate of drug-likeness (QED) is 0.762. The first kappa shape index (κ1) is 16.3. The van der Waals surface area contributed by atoms with Crippen LogP contribution in [-0.4, -0.2) is 23.8 Å². The highest BCUT2D eigenvalue weighted by Gasteiger charge is 2.16. The number of aryl methyl sites for hydroxylation is 2. The Labute approximate surface area is 139 Å². The summed E-state index contributed by atoms with van der Waals surface area (Å²) in [5.41, 5.74) is 3.17. The van der Waals surface area contributed by atoms with Crippen molar-refractivity contribution in [3.8, 4) is 11.1 Å². The summed E-state index contributed by atoms with van der Waals surface area (Å²) < 4.78 is 32.3. The van der Waals surface area contributed by atoms with Gasteiger partial charge in [0.2, 0.25) is 10.0 Å². The molecular weight excluding hydrogens is 328 g/mol. The van der Waals surface area contributed by atoms with Crippen molar-refractivity contribution in [3.05, 3.63) is 59.7 Å². The van der Waals surface area contributed by atoms with Gasteiger partial charge in [-0.2, -0.15) is 10.2 Å². The number of nitrogens with zero attached hydrogens (tertiary/aromatic N) is 3. The fraction of sp³-hybridized carbons (Fsp3) is 0.188. The van der Waals surface area contributed by atoms with Gasteiger partial charge in [-0.15, -0.1) is 0 Å². The van der Waals surface area contributed by atoms with E-state index in [1.807, 2.05) is 13.0 Å². The van der Waals surface area contributed by atoms with Crippen molar-refractivity contribution in [3.63, 3.8) is 0 Å². The van der Waals surface area contributed by atoms with Crippen LogP contribution in [-0.2, 0) is 16.6 Å². The molecular formula is C16H16N4O3S. The maximum Gasteiger partial charge on any atom is 0.240 e. The number of sulfonamides is 1. The molecule has 8 heteroatoms. The lowest BCUT2D eigenvalue weighted by Gasteiger charge is -2.09. The summed E-state index contributed by atoms with van der Waals surface area (Å²) in [7, 11) is -3.63. The number of aromatic nitrogens is 3. The molecule has 24 heavy (non-hydrogen) atoms. The number of rotatable bonds is 5. The summed E-state index contributed by atoms with van der Waals surface area (Å²) in [6.07, 6.45) is 3.24. The lowest BCUT2D eigenvalue weighted by molar-refractivity contribution is 0.390. The number of nitrogens with one attached hydrogen (secondary N) is 1. The van der Waals surface area contributed by atoms with Crippen LogP contribution >= 0.6 is 0 Å². The topological polar surface area (TPSA) is 98.0 Å². The maximum atomic E-state index is 12.4. The van der Waals surface area contributed by atoms with Crippen LogP contribution in [0.15, 0.2) is 52.1 Å². The zero-order valence-corrected chi connectivity index (χ0v) is 14.0. The first-order chi connectivity index (χ1) is 11.5. The molecule has 0 amide bonds. The fourth-order valence-corrected chi connectivity index (χ4v) is 3.41. The minimum atomic E-state index is -3.63. The average Bonchev–Trinajstić information content (AvgIpc) is 2.99. The normalized spacial score (nSPS) is 11.6. The van der Waals surface area contributed by atoms with E-state index >= 15 is 0 Å². The Morgan fingerprint density at radius 1 is 1.12 bits per heavy atom. The van der Waals surface area contributed by atoms with Crippen LogP contribution in [0.2, 0.25) is 0 Å². The molecule has 0 saturated carbocycles. The molecule has 0 fully saturated rings. The van der Waals surface area contributed by atoms with E-state index in [9.17, 15) is 8.42 Å². The molecule has 0 aliphatic rings. The lowest BCUT2D eigenvalue weighted by atomic mass is 10.0. The Hall–Kier alpha value is -2.58. The second-order valence-electron chi connectivity index (χ2n) is 5.36. The Bertz CT molecular complexity index is 952. The molecule has 0 spiro atoms. The van der Waals surface area contributed by atoms with Crippen molar-refractivity contribution in [2.24, 2.45) is 0 Å². The second kappa shape index (κ2) is 6.50. The Kier molecular flexibility index (Phi) is 4.41. The van der Waals surface area contributed by atoms with E-state index in [1.54, 1.807) is 43.6 Å². The lowest BCUT2D eigenvalue weighted by Crippen LogP contribution is -2.23. The fourth-order valence-electron chi connectivity index (χ4n) is 2.33. The summed E-state index contributed by atoms with van der Waals surface area (Å²) in [5, 5.41) is 11.4. The molecule has 0 aliphatic heterocycles. The SMILES string of the molecule is Cc1cc(CNS(=O)(=O)c2ccc(-c3ccnnc3)c(C)c2)no1. The summed E-state index contributed by atoms with van der Waals surface area (Å²) in [6, 6.07) is 8.48. The maximum absolute atomic E-state index is 12.4.